The van der Waals surface area contributed by atoms with Gasteiger partial charge in [0.25, 0.3) is 5.91 Å². The first-order valence-electron chi connectivity index (χ1n) is 7.01. The van der Waals surface area contributed by atoms with Gasteiger partial charge in [-0.1, -0.05) is 12.1 Å². The van der Waals surface area contributed by atoms with E-state index in [1.165, 1.54) is 19.2 Å². The largest absolute Gasteiger partial charge is 0.396 e. The van der Waals surface area contributed by atoms with Crippen molar-refractivity contribution in [3.05, 3.63) is 35.6 Å². The fraction of sp³-hybridized carbons (Fsp3) is 0.467. The molecule has 22 heavy (non-hydrogen) atoms. The third-order valence-electron chi connectivity index (χ3n) is 3.72. The summed E-state index contributed by atoms with van der Waals surface area (Å²) in [5, 5.41) is 11.9. The van der Waals surface area contributed by atoms with Gasteiger partial charge >= 0.3 is 6.03 Å². The molecule has 0 aliphatic carbocycles. The maximum atomic E-state index is 13.0. The van der Waals surface area contributed by atoms with Crippen LogP contribution in [0.25, 0.3) is 0 Å². The lowest BCUT2D eigenvalue weighted by Gasteiger charge is -2.26. The average Bonchev–Trinajstić information content (AvgIpc) is 2.71. The summed E-state index contributed by atoms with van der Waals surface area (Å²) in [6.45, 7) is 0.147. The molecule has 0 radical (unpaired) electrons. The molecule has 0 saturated carbocycles. The van der Waals surface area contributed by atoms with Crippen molar-refractivity contribution >= 4 is 11.9 Å². The number of aliphatic hydroxyl groups excluding tert-OH is 1. The number of nitrogens with one attached hydrogen (secondary N) is 1. The Labute approximate surface area is 127 Å². The minimum atomic E-state index is -1.20. The first kappa shape index (κ1) is 16.4. The van der Waals surface area contributed by atoms with E-state index in [1.807, 2.05) is 0 Å². The molecule has 1 aliphatic heterocycles. The van der Waals surface area contributed by atoms with Crippen LogP contribution in [0.3, 0.4) is 0 Å². The summed E-state index contributed by atoms with van der Waals surface area (Å²) in [5.41, 5.74) is -0.491. The van der Waals surface area contributed by atoms with E-state index in [1.54, 1.807) is 12.1 Å². The Balaban J connectivity index is 2.22. The first-order chi connectivity index (χ1) is 10.5. The van der Waals surface area contributed by atoms with Crippen LogP contribution in [0.5, 0.6) is 0 Å². The number of benzene rings is 1. The standard InChI is InChI=1S/C15H19FN2O4/c1-22-9-7-18-13(20)15(6-8-19,17-14(18)21)10-11-2-4-12(16)5-3-11/h2-5,19H,6-10H2,1H3,(H,17,21)/t15-/m0/s1. The van der Waals surface area contributed by atoms with E-state index in [0.29, 0.717) is 5.56 Å². The highest BCUT2D eigenvalue weighted by Crippen LogP contribution is 2.26. The molecule has 0 aromatic heterocycles. The maximum Gasteiger partial charge on any atom is 0.325 e. The van der Waals surface area contributed by atoms with E-state index in [-0.39, 0.29) is 38.4 Å². The summed E-state index contributed by atoms with van der Waals surface area (Å²) in [5.74, 6) is -0.767. The number of rotatable bonds is 7. The number of carbonyl (C=O) groups excluding carboxylic acids is 2. The van der Waals surface area contributed by atoms with Crippen LogP contribution in [0.15, 0.2) is 24.3 Å². The highest BCUT2D eigenvalue weighted by atomic mass is 19.1. The zero-order valence-corrected chi connectivity index (χ0v) is 12.3. The molecule has 2 N–H and O–H groups in total. The van der Waals surface area contributed by atoms with Gasteiger partial charge in [-0.05, 0) is 17.7 Å². The zero-order chi connectivity index (χ0) is 16.2. The highest BCUT2D eigenvalue weighted by molar-refractivity contribution is 6.07. The Morgan fingerprint density at radius 3 is 2.59 bits per heavy atom. The molecule has 1 aliphatic rings. The Bertz CT molecular complexity index is 549. The van der Waals surface area contributed by atoms with Gasteiger partial charge < -0.3 is 15.2 Å². The van der Waals surface area contributed by atoms with Gasteiger partial charge in [0, 0.05) is 26.6 Å². The van der Waals surface area contributed by atoms with Crippen molar-refractivity contribution < 1.29 is 23.8 Å². The molecule has 6 nitrogen and oxygen atoms in total. The zero-order valence-electron chi connectivity index (χ0n) is 12.3. The predicted octanol–water partition coefficient (Wildman–Crippen LogP) is 0.688. The normalized spacial score (nSPS) is 21.3. The van der Waals surface area contributed by atoms with E-state index in [9.17, 15) is 19.1 Å². The molecule has 0 unspecified atom stereocenters. The number of carbonyl (C=O) groups is 2. The van der Waals surface area contributed by atoms with Gasteiger partial charge in [-0.3, -0.25) is 9.69 Å². The van der Waals surface area contributed by atoms with Gasteiger partial charge in [-0.25, -0.2) is 9.18 Å². The fourth-order valence-corrected chi connectivity index (χ4v) is 2.58. The minimum absolute atomic E-state index is 0.0957. The van der Waals surface area contributed by atoms with Crippen molar-refractivity contribution in [3.63, 3.8) is 0 Å². The van der Waals surface area contributed by atoms with Crippen molar-refractivity contribution in [3.8, 4) is 0 Å². The van der Waals surface area contributed by atoms with Crippen molar-refractivity contribution in [2.24, 2.45) is 0 Å². The number of halogens is 1. The molecule has 1 heterocycles. The Morgan fingerprint density at radius 1 is 1.32 bits per heavy atom. The Kier molecular flexibility index (Phi) is 5.10. The van der Waals surface area contributed by atoms with E-state index in [4.69, 9.17) is 4.74 Å². The Hall–Kier alpha value is -1.99. The van der Waals surface area contributed by atoms with E-state index in [0.717, 1.165) is 4.90 Å². The molecule has 120 valence electrons. The van der Waals surface area contributed by atoms with Crippen LogP contribution in [-0.2, 0) is 16.0 Å². The molecule has 1 fully saturated rings. The summed E-state index contributed by atoms with van der Waals surface area (Å²) < 4.78 is 17.9. The van der Waals surface area contributed by atoms with Crippen LogP contribution in [-0.4, -0.2) is 54.4 Å². The van der Waals surface area contributed by atoms with Crippen molar-refractivity contribution in [1.82, 2.24) is 10.2 Å². The number of hydrogen-bond donors (Lipinski definition) is 2. The average molecular weight is 310 g/mol. The predicted molar refractivity (Wildman–Crippen MR) is 76.7 cm³/mol. The number of ether oxygens (including phenoxy) is 1. The molecule has 0 spiro atoms. The third-order valence-corrected chi connectivity index (χ3v) is 3.72. The maximum absolute atomic E-state index is 13.0. The van der Waals surface area contributed by atoms with Gasteiger partial charge in [0.2, 0.25) is 0 Å². The molecule has 1 aromatic rings. The van der Waals surface area contributed by atoms with Crippen LogP contribution in [0.2, 0.25) is 0 Å². The quantitative estimate of drug-likeness (QED) is 0.726. The third kappa shape index (κ3) is 3.26. The monoisotopic (exact) mass is 310 g/mol. The molecular weight excluding hydrogens is 291 g/mol. The number of nitrogens with zero attached hydrogens (tertiary/aromatic N) is 1. The summed E-state index contributed by atoms with van der Waals surface area (Å²) in [6, 6.07) is 5.22. The van der Waals surface area contributed by atoms with Crippen LogP contribution in [0.4, 0.5) is 9.18 Å². The van der Waals surface area contributed by atoms with Gasteiger partial charge in [-0.15, -0.1) is 0 Å². The number of imide groups is 1. The van der Waals surface area contributed by atoms with Crippen LogP contribution in [0.1, 0.15) is 12.0 Å². The number of urea groups is 1. The number of methoxy groups -OCH3 is 1. The topological polar surface area (TPSA) is 78.9 Å². The number of amides is 3. The van der Waals surface area contributed by atoms with E-state index in [2.05, 4.69) is 5.32 Å². The van der Waals surface area contributed by atoms with Gasteiger partial charge in [0.05, 0.1) is 13.2 Å². The molecule has 0 bridgehead atoms. The molecule has 1 aromatic carbocycles. The summed E-state index contributed by atoms with van der Waals surface area (Å²) in [6.07, 6.45) is 0.292. The van der Waals surface area contributed by atoms with Gasteiger partial charge in [0.1, 0.15) is 11.4 Å². The Morgan fingerprint density at radius 2 is 2.00 bits per heavy atom. The molecule has 7 heteroatoms. The summed E-state index contributed by atoms with van der Waals surface area (Å²) >= 11 is 0. The molecule has 1 saturated heterocycles. The van der Waals surface area contributed by atoms with Crippen molar-refractivity contribution in [1.29, 1.82) is 0 Å². The second-order valence-electron chi connectivity index (χ2n) is 5.24. The summed E-state index contributed by atoms with van der Waals surface area (Å²) in [7, 11) is 1.48. The van der Waals surface area contributed by atoms with E-state index < -0.39 is 17.5 Å². The second-order valence-corrected chi connectivity index (χ2v) is 5.24. The lowest BCUT2D eigenvalue weighted by molar-refractivity contribution is -0.132. The lowest BCUT2D eigenvalue weighted by Crippen LogP contribution is -2.49. The molecule has 3 amide bonds. The second kappa shape index (κ2) is 6.85. The molecular formula is C15H19FN2O4. The van der Waals surface area contributed by atoms with Crippen LogP contribution >= 0.6 is 0 Å². The van der Waals surface area contributed by atoms with Gasteiger partial charge in [-0.2, -0.15) is 0 Å². The van der Waals surface area contributed by atoms with Gasteiger partial charge in [0.15, 0.2) is 0 Å². The van der Waals surface area contributed by atoms with Crippen LogP contribution in [0, 0.1) is 5.82 Å². The molecule has 1 atom stereocenters. The first-order valence-corrected chi connectivity index (χ1v) is 7.01. The number of hydrogen-bond acceptors (Lipinski definition) is 4. The fourth-order valence-electron chi connectivity index (χ4n) is 2.58. The van der Waals surface area contributed by atoms with Crippen molar-refractivity contribution in [2.75, 3.05) is 26.9 Å². The van der Waals surface area contributed by atoms with E-state index >= 15 is 0 Å². The molecule has 2 rings (SSSR count). The highest BCUT2D eigenvalue weighted by Gasteiger charge is 2.50. The minimum Gasteiger partial charge on any atom is -0.396 e. The van der Waals surface area contributed by atoms with Crippen LogP contribution < -0.4 is 5.32 Å². The number of aliphatic hydroxyl groups is 1. The van der Waals surface area contributed by atoms with Crippen molar-refractivity contribution in [2.45, 2.75) is 18.4 Å². The SMILES string of the molecule is COCCN1C(=O)N[C@@](CCO)(Cc2ccc(F)cc2)C1=O. The lowest BCUT2D eigenvalue weighted by atomic mass is 9.87. The summed E-state index contributed by atoms with van der Waals surface area (Å²) in [4.78, 5) is 25.7. The smallest absolute Gasteiger partial charge is 0.325 e.